The maximum atomic E-state index is 11.7. The summed E-state index contributed by atoms with van der Waals surface area (Å²) in [6.45, 7) is 4.76. The Morgan fingerprint density at radius 1 is 1.04 bits per heavy atom. The Bertz CT molecular complexity index is 499. The number of rotatable bonds is 11. The third kappa shape index (κ3) is 9.06. The maximum absolute atomic E-state index is 11.7. The number of unbranched alkanes of at least 4 members (excludes halogenated alkanes) is 1. The first-order valence-electron chi connectivity index (χ1n) is 8.67. The number of hydrogen-bond donors (Lipinski definition) is 0. The van der Waals surface area contributed by atoms with Crippen LogP contribution >= 0.6 is 15.9 Å². The van der Waals surface area contributed by atoms with Gasteiger partial charge in [0.05, 0.1) is 6.61 Å². The normalized spacial score (nSPS) is 11.8. The zero-order chi connectivity index (χ0) is 17.8. The van der Waals surface area contributed by atoms with Gasteiger partial charge in [0.15, 0.2) is 0 Å². The van der Waals surface area contributed by atoms with Crippen LogP contribution in [0.2, 0.25) is 0 Å². The van der Waals surface area contributed by atoms with Gasteiger partial charge in [-0.3, -0.25) is 9.59 Å². The van der Waals surface area contributed by atoms with E-state index in [-0.39, 0.29) is 24.8 Å². The van der Waals surface area contributed by atoms with E-state index in [1.165, 1.54) is 0 Å². The molecule has 0 heterocycles. The van der Waals surface area contributed by atoms with Gasteiger partial charge in [-0.25, -0.2) is 0 Å². The summed E-state index contributed by atoms with van der Waals surface area (Å²) in [5.74, 6) is 0.379. The van der Waals surface area contributed by atoms with Crippen molar-refractivity contribution >= 4 is 27.9 Å². The van der Waals surface area contributed by atoms with Crippen molar-refractivity contribution < 1.29 is 19.1 Å². The van der Waals surface area contributed by atoms with Crippen LogP contribution < -0.4 is 4.74 Å². The summed E-state index contributed by atoms with van der Waals surface area (Å²) in [7, 11) is 0. The van der Waals surface area contributed by atoms with E-state index >= 15 is 0 Å². The van der Waals surface area contributed by atoms with Gasteiger partial charge in [0.1, 0.15) is 5.75 Å². The molecule has 0 saturated carbocycles. The number of ether oxygens (including phenoxy) is 2. The summed E-state index contributed by atoms with van der Waals surface area (Å²) in [6.07, 6.45) is 5.34. The summed E-state index contributed by atoms with van der Waals surface area (Å²) in [5.41, 5.74) is 0. The first-order chi connectivity index (χ1) is 11.5. The van der Waals surface area contributed by atoms with E-state index in [0.717, 1.165) is 30.2 Å². The van der Waals surface area contributed by atoms with Crippen LogP contribution in [0.5, 0.6) is 5.75 Å². The number of carbonyl (C=O) groups is 2. The molecule has 5 heteroatoms. The highest BCUT2D eigenvalue weighted by molar-refractivity contribution is 9.10. The van der Waals surface area contributed by atoms with Crippen molar-refractivity contribution in [1.29, 1.82) is 0 Å². The van der Waals surface area contributed by atoms with Gasteiger partial charge in [-0.15, -0.1) is 0 Å². The second-order valence-electron chi connectivity index (χ2n) is 5.88. The molecule has 0 radical (unpaired) electrons. The Morgan fingerprint density at radius 2 is 1.71 bits per heavy atom. The Balaban J connectivity index is 2.17. The molecule has 0 spiro atoms. The molecule has 0 aliphatic carbocycles. The molecule has 1 aromatic rings. The molecule has 0 aliphatic heterocycles. The predicted octanol–water partition coefficient (Wildman–Crippen LogP) is 5.28. The molecule has 1 atom stereocenters. The maximum Gasteiger partial charge on any atom is 0.311 e. The van der Waals surface area contributed by atoms with E-state index < -0.39 is 0 Å². The minimum absolute atomic E-state index is 0.207. The minimum atomic E-state index is -0.334. The van der Waals surface area contributed by atoms with Crippen molar-refractivity contribution in [2.45, 2.75) is 58.8 Å². The van der Waals surface area contributed by atoms with Crippen molar-refractivity contribution in [3.63, 3.8) is 0 Å². The van der Waals surface area contributed by atoms with Crippen LogP contribution in [-0.2, 0) is 14.3 Å². The van der Waals surface area contributed by atoms with E-state index in [2.05, 4.69) is 29.8 Å². The fraction of sp³-hybridized carbons (Fsp3) is 0.579. The van der Waals surface area contributed by atoms with Crippen LogP contribution in [0.3, 0.4) is 0 Å². The SMILES string of the molecule is CCCCC(CC)COC(=O)CCCC(=O)Oc1ccc(Br)cc1. The van der Waals surface area contributed by atoms with Crippen LogP contribution in [0.15, 0.2) is 28.7 Å². The first kappa shape index (κ1) is 20.7. The van der Waals surface area contributed by atoms with Crippen molar-refractivity contribution in [3.05, 3.63) is 28.7 Å². The summed E-state index contributed by atoms with van der Waals surface area (Å²) >= 11 is 3.32. The molecule has 1 unspecified atom stereocenters. The fourth-order valence-corrected chi connectivity index (χ4v) is 2.51. The summed E-state index contributed by atoms with van der Waals surface area (Å²) in [4.78, 5) is 23.5. The zero-order valence-corrected chi connectivity index (χ0v) is 16.1. The lowest BCUT2D eigenvalue weighted by Crippen LogP contribution is -2.14. The topological polar surface area (TPSA) is 52.6 Å². The van der Waals surface area contributed by atoms with E-state index in [1.807, 2.05) is 12.1 Å². The Labute approximate surface area is 153 Å². The lowest BCUT2D eigenvalue weighted by atomic mass is 10.0. The molecule has 134 valence electrons. The predicted molar refractivity (Wildman–Crippen MR) is 97.9 cm³/mol. The second-order valence-corrected chi connectivity index (χ2v) is 6.80. The van der Waals surface area contributed by atoms with Gasteiger partial charge in [-0.2, -0.15) is 0 Å². The molecule has 1 rings (SSSR count). The molecule has 0 N–H and O–H groups in total. The lowest BCUT2D eigenvalue weighted by molar-refractivity contribution is -0.145. The van der Waals surface area contributed by atoms with Crippen LogP contribution in [0.1, 0.15) is 58.8 Å². The lowest BCUT2D eigenvalue weighted by Gasteiger charge is -2.14. The van der Waals surface area contributed by atoms with Gasteiger partial charge in [-0.1, -0.05) is 49.0 Å². The highest BCUT2D eigenvalue weighted by Crippen LogP contribution is 2.17. The van der Waals surface area contributed by atoms with Crippen LogP contribution in [0, 0.1) is 5.92 Å². The largest absolute Gasteiger partial charge is 0.465 e. The molecule has 0 amide bonds. The zero-order valence-electron chi connectivity index (χ0n) is 14.6. The van der Waals surface area contributed by atoms with Crippen molar-refractivity contribution in [2.75, 3.05) is 6.61 Å². The third-order valence-corrected chi connectivity index (χ3v) is 4.36. The quantitative estimate of drug-likeness (QED) is 0.375. The molecule has 0 aliphatic rings. The smallest absolute Gasteiger partial charge is 0.311 e. The average molecular weight is 399 g/mol. The van der Waals surface area contributed by atoms with E-state index in [0.29, 0.717) is 24.7 Å². The Hall–Kier alpha value is -1.36. The van der Waals surface area contributed by atoms with Gasteiger partial charge < -0.3 is 9.47 Å². The van der Waals surface area contributed by atoms with Crippen molar-refractivity contribution in [2.24, 2.45) is 5.92 Å². The van der Waals surface area contributed by atoms with E-state index in [1.54, 1.807) is 12.1 Å². The second kappa shape index (κ2) is 12.1. The molecule has 0 bridgehead atoms. The highest BCUT2D eigenvalue weighted by atomic mass is 79.9. The molecule has 24 heavy (non-hydrogen) atoms. The van der Waals surface area contributed by atoms with Gasteiger partial charge >= 0.3 is 11.9 Å². The molecule has 1 aromatic carbocycles. The highest BCUT2D eigenvalue weighted by Gasteiger charge is 2.11. The third-order valence-electron chi connectivity index (χ3n) is 3.83. The number of benzene rings is 1. The number of hydrogen-bond acceptors (Lipinski definition) is 4. The summed E-state index contributed by atoms with van der Waals surface area (Å²) in [5, 5.41) is 0. The Morgan fingerprint density at radius 3 is 2.33 bits per heavy atom. The molecule has 4 nitrogen and oxygen atoms in total. The monoisotopic (exact) mass is 398 g/mol. The molecule has 0 aromatic heterocycles. The van der Waals surface area contributed by atoms with E-state index in [9.17, 15) is 9.59 Å². The first-order valence-corrected chi connectivity index (χ1v) is 9.46. The molecule has 0 saturated heterocycles. The van der Waals surface area contributed by atoms with Gasteiger partial charge in [-0.05, 0) is 43.0 Å². The number of carbonyl (C=O) groups excluding carboxylic acids is 2. The van der Waals surface area contributed by atoms with Crippen molar-refractivity contribution in [3.8, 4) is 5.75 Å². The van der Waals surface area contributed by atoms with Crippen LogP contribution in [-0.4, -0.2) is 18.5 Å². The van der Waals surface area contributed by atoms with Gasteiger partial charge in [0.2, 0.25) is 0 Å². The standard InChI is InChI=1S/C19H27BrO4/c1-3-5-7-15(4-2)14-23-18(21)8-6-9-19(22)24-17-12-10-16(20)11-13-17/h10-13,15H,3-9,14H2,1-2H3. The fourth-order valence-electron chi connectivity index (χ4n) is 2.24. The number of halogens is 1. The molecule has 0 fully saturated rings. The average Bonchev–Trinajstić information content (AvgIpc) is 2.57. The van der Waals surface area contributed by atoms with Crippen LogP contribution in [0.4, 0.5) is 0 Å². The van der Waals surface area contributed by atoms with Gasteiger partial charge in [0, 0.05) is 17.3 Å². The van der Waals surface area contributed by atoms with Gasteiger partial charge in [0.25, 0.3) is 0 Å². The minimum Gasteiger partial charge on any atom is -0.465 e. The molecular formula is C19H27BrO4. The summed E-state index contributed by atoms with van der Waals surface area (Å²) in [6, 6.07) is 7.06. The van der Waals surface area contributed by atoms with Crippen molar-refractivity contribution in [1.82, 2.24) is 0 Å². The molecular weight excluding hydrogens is 372 g/mol. The van der Waals surface area contributed by atoms with E-state index in [4.69, 9.17) is 9.47 Å². The number of esters is 2. The van der Waals surface area contributed by atoms with Crippen LogP contribution in [0.25, 0.3) is 0 Å². The summed E-state index contributed by atoms with van der Waals surface area (Å²) < 4.78 is 11.4. The Kier molecular flexibility index (Phi) is 10.4.